The van der Waals surface area contributed by atoms with Gasteiger partial charge in [0.25, 0.3) is 11.5 Å². The number of carbonyl (C=O) groups is 3. The minimum Gasteiger partial charge on any atom is -0.463 e. The predicted octanol–water partition coefficient (Wildman–Crippen LogP) is 2.46. The van der Waals surface area contributed by atoms with Crippen LogP contribution in [-0.2, 0) is 19.1 Å². The number of likely N-dealkylation sites (N-methyl/N-ethyl adjacent to an activating group) is 1. The first-order valence-corrected chi connectivity index (χ1v) is 13.0. The third-order valence-corrected chi connectivity index (χ3v) is 7.47. The van der Waals surface area contributed by atoms with Crippen LogP contribution in [0.25, 0.3) is 5.57 Å². The Kier molecular flexibility index (Phi) is 6.58. The second-order valence-corrected chi connectivity index (χ2v) is 9.70. The van der Waals surface area contributed by atoms with Crippen molar-refractivity contribution in [2.24, 2.45) is 4.99 Å². The molecule has 2 aromatic carbocycles. The molecule has 1 aromatic heterocycles. The van der Waals surface area contributed by atoms with Gasteiger partial charge in [0.05, 0.1) is 35.2 Å². The van der Waals surface area contributed by atoms with E-state index in [1.165, 1.54) is 11.5 Å². The zero-order valence-corrected chi connectivity index (χ0v) is 22.1. The Bertz CT molecular complexity index is 1700. The van der Waals surface area contributed by atoms with Gasteiger partial charge in [-0.2, -0.15) is 0 Å². The number of nitrogens with zero attached hydrogens (tertiary/aromatic N) is 3. The molecule has 3 aromatic rings. The van der Waals surface area contributed by atoms with Gasteiger partial charge in [-0.3, -0.25) is 19.0 Å². The number of thiazole rings is 1. The topological polar surface area (TPSA) is 107 Å². The first-order valence-electron chi connectivity index (χ1n) is 12.2. The van der Waals surface area contributed by atoms with Crippen LogP contribution in [0.1, 0.15) is 44.9 Å². The monoisotopic (exact) mass is 531 g/mol. The summed E-state index contributed by atoms with van der Waals surface area (Å²) in [5.41, 5.74) is 2.59. The van der Waals surface area contributed by atoms with E-state index >= 15 is 0 Å². The predicted molar refractivity (Wildman–Crippen MR) is 142 cm³/mol. The zero-order chi connectivity index (χ0) is 27.1. The van der Waals surface area contributed by atoms with Crippen LogP contribution >= 0.6 is 11.3 Å². The molecule has 0 saturated carbocycles. The van der Waals surface area contributed by atoms with E-state index in [0.717, 1.165) is 17.0 Å². The van der Waals surface area contributed by atoms with Crippen molar-refractivity contribution in [3.8, 4) is 5.75 Å². The molecule has 0 saturated heterocycles. The van der Waals surface area contributed by atoms with E-state index in [4.69, 9.17) is 9.47 Å². The van der Waals surface area contributed by atoms with E-state index in [1.807, 2.05) is 31.2 Å². The standard InChI is InChI=1S/C28H25N3O6S/c1-5-30-20-10-8-7-9-19(20)22(25(30)33)24-26(34)31-23(17-11-13-18(14-12-17)37-16(4)32)21(27(35)36-6-2)15(3)29-28(31)38-24/h7-14,23H,5-6H2,1-4H3/t23-/m0/s1. The Labute approximate surface area is 221 Å². The van der Waals surface area contributed by atoms with Gasteiger partial charge in [-0.15, -0.1) is 0 Å². The number of rotatable bonds is 5. The van der Waals surface area contributed by atoms with Crippen LogP contribution in [0.15, 0.2) is 69.6 Å². The van der Waals surface area contributed by atoms with Crippen LogP contribution in [0.2, 0.25) is 0 Å². The van der Waals surface area contributed by atoms with Crippen LogP contribution in [-0.4, -0.2) is 35.6 Å². The van der Waals surface area contributed by atoms with E-state index < -0.39 is 23.5 Å². The van der Waals surface area contributed by atoms with Crippen molar-refractivity contribution >= 4 is 40.4 Å². The number of hydrogen-bond donors (Lipinski definition) is 0. The lowest BCUT2D eigenvalue weighted by atomic mass is 9.96. The quantitative estimate of drug-likeness (QED) is 0.370. The maximum atomic E-state index is 14.1. The summed E-state index contributed by atoms with van der Waals surface area (Å²) in [5, 5.41) is 0. The Morgan fingerprint density at radius 1 is 1.05 bits per heavy atom. The number of anilines is 1. The van der Waals surface area contributed by atoms with Gasteiger partial charge >= 0.3 is 11.9 Å². The first kappa shape index (κ1) is 25.3. The number of allylic oxidation sites excluding steroid dienone is 1. The van der Waals surface area contributed by atoms with Crippen molar-refractivity contribution in [1.82, 2.24) is 4.57 Å². The highest BCUT2D eigenvalue weighted by Crippen LogP contribution is 2.35. The molecule has 1 atom stereocenters. The normalized spacial score (nSPS) is 17.6. The van der Waals surface area contributed by atoms with Gasteiger partial charge < -0.3 is 14.4 Å². The fourth-order valence-electron chi connectivity index (χ4n) is 4.85. The summed E-state index contributed by atoms with van der Waals surface area (Å²) in [4.78, 5) is 58.6. The highest BCUT2D eigenvalue weighted by Gasteiger charge is 2.36. The summed E-state index contributed by atoms with van der Waals surface area (Å²) in [6.45, 7) is 7.20. The van der Waals surface area contributed by atoms with E-state index in [1.54, 1.807) is 43.0 Å². The number of benzene rings is 2. The van der Waals surface area contributed by atoms with E-state index in [-0.39, 0.29) is 22.6 Å². The number of hydrogen-bond acceptors (Lipinski definition) is 8. The molecule has 0 fully saturated rings. The Hall–Kier alpha value is -4.31. The third kappa shape index (κ3) is 4.06. The number of ether oxygens (including phenoxy) is 2. The van der Waals surface area contributed by atoms with Crippen LogP contribution in [0.3, 0.4) is 0 Å². The highest BCUT2D eigenvalue weighted by molar-refractivity contribution is 7.07. The van der Waals surface area contributed by atoms with E-state index in [0.29, 0.717) is 39.5 Å². The number of fused-ring (bicyclic) bond motifs is 2. The SMILES string of the molecule is CCOC(=O)C1=C(C)N=c2sc(=C3C(=O)N(CC)c4ccccc43)c(=O)n2[C@H]1c1ccc(OC(C)=O)cc1. The molecular weight excluding hydrogens is 506 g/mol. The average Bonchev–Trinajstić information content (AvgIpc) is 3.35. The summed E-state index contributed by atoms with van der Waals surface area (Å²) in [6, 6.07) is 13.1. The highest BCUT2D eigenvalue weighted by atomic mass is 32.1. The number of para-hydroxylation sites is 1. The molecule has 0 spiro atoms. The van der Waals surface area contributed by atoms with Crippen molar-refractivity contribution in [3.05, 3.63) is 90.6 Å². The summed E-state index contributed by atoms with van der Waals surface area (Å²) < 4.78 is 12.2. The van der Waals surface area contributed by atoms with Crippen molar-refractivity contribution in [3.63, 3.8) is 0 Å². The van der Waals surface area contributed by atoms with Crippen molar-refractivity contribution in [1.29, 1.82) is 0 Å². The van der Waals surface area contributed by atoms with Gasteiger partial charge in [-0.1, -0.05) is 41.7 Å². The molecule has 1 amide bonds. The minimum atomic E-state index is -0.847. The maximum Gasteiger partial charge on any atom is 0.338 e. The number of carbonyl (C=O) groups excluding carboxylic acids is 3. The molecule has 0 aliphatic carbocycles. The molecule has 0 radical (unpaired) electrons. The number of aromatic nitrogens is 1. The maximum absolute atomic E-state index is 14.1. The fourth-order valence-corrected chi connectivity index (χ4v) is 5.99. The lowest BCUT2D eigenvalue weighted by Gasteiger charge is -2.24. The van der Waals surface area contributed by atoms with Gasteiger partial charge in [0.2, 0.25) is 0 Å². The molecule has 2 aliphatic rings. The van der Waals surface area contributed by atoms with Crippen molar-refractivity contribution in [2.75, 3.05) is 18.1 Å². The van der Waals surface area contributed by atoms with Crippen LogP contribution in [0.4, 0.5) is 5.69 Å². The molecular formula is C28H25N3O6S. The van der Waals surface area contributed by atoms with Gasteiger partial charge in [-0.05, 0) is 44.5 Å². The van der Waals surface area contributed by atoms with Gasteiger partial charge in [0.1, 0.15) is 10.3 Å². The zero-order valence-electron chi connectivity index (χ0n) is 21.3. The lowest BCUT2D eigenvalue weighted by molar-refractivity contribution is -0.139. The van der Waals surface area contributed by atoms with Crippen LogP contribution in [0, 0.1) is 0 Å². The Morgan fingerprint density at radius 2 is 1.76 bits per heavy atom. The Morgan fingerprint density at radius 3 is 2.42 bits per heavy atom. The molecule has 0 N–H and O–H groups in total. The number of esters is 2. The molecule has 5 rings (SSSR count). The van der Waals surface area contributed by atoms with Crippen LogP contribution < -0.4 is 24.5 Å². The molecule has 3 heterocycles. The summed E-state index contributed by atoms with van der Waals surface area (Å²) >= 11 is 1.12. The molecule has 0 bridgehead atoms. The van der Waals surface area contributed by atoms with E-state index in [2.05, 4.69) is 4.99 Å². The number of amides is 1. The minimum absolute atomic E-state index is 0.153. The van der Waals surface area contributed by atoms with Crippen LogP contribution in [0.5, 0.6) is 5.75 Å². The van der Waals surface area contributed by atoms with Gasteiger partial charge in [0.15, 0.2) is 4.80 Å². The summed E-state index contributed by atoms with van der Waals surface area (Å²) in [5.74, 6) is -0.956. The smallest absolute Gasteiger partial charge is 0.338 e. The molecule has 9 nitrogen and oxygen atoms in total. The van der Waals surface area contributed by atoms with Crippen molar-refractivity contribution < 1.29 is 23.9 Å². The Balaban J connectivity index is 1.77. The second kappa shape index (κ2) is 9.86. The summed E-state index contributed by atoms with van der Waals surface area (Å²) in [6.07, 6.45) is 0. The first-order chi connectivity index (χ1) is 18.3. The van der Waals surface area contributed by atoms with Crippen molar-refractivity contribution in [2.45, 2.75) is 33.7 Å². The fraction of sp³-hybridized carbons (Fsp3) is 0.250. The molecule has 38 heavy (non-hydrogen) atoms. The second-order valence-electron chi connectivity index (χ2n) is 8.73. The van der Waals surface area contributed by atoms with Gasteiger partial charge in [-0.25, -0.2) is 9.79 Å². The van der Waals surface area contributed by atoms with E-state index in [9.17, 15) is 19.2 Å². The van der Waals surface area contributed by atoms with Gasteiger partial charge in [0, 0.05) is 19.0 Å². The molecule has 2 aliphatic heterocycles. The average molecular weight is 532 g/mol. The molecule has 194 valence electrons. The molecule has 0 unspecified atom stereocenters. The third-order valence-electron chi connectivity index (χ3n) is 6.42. The largest absolute Gasteiger partial charge is 0.463 e. The lowest BCUT2D eigenvalue weighted by Crippen LogP contribution is -2.41. The summed E-state index contributed by atoms with van der Waals surface area (Å²) in [7, 11) is 0. The molecule has 10 heteroatoms.